The summed E-state index contributed by atoms with van der Waals surface area (Å²) in [6.07, 6.45) is 4.81. The number of fused-ring (bicyclic) bond motifs is 1. The van der Waals surface area contributed by atoms with E-state index in [1.54, 1.807) is 0 Å². The second-order valence-electron chi connectivity index (χ2n) is 4.91. The number of nitrogens with one attached hydrogen (secondary N) is 2. The van der Waals surface area contributed by atoms with Crippen LogP contribution in [0.4, 0.5) is 0 Å². The molecule has 1 aromatic heterocycles. The van der Waals surface area contributed by atoms with E-state index in [-0.39, 0.29) is 0 Å². The smallest absolute Gasteiger partial charge is 0.0454 e. The molecular weight excluding hydrogens is 196 g/mol. The van der Waals surface area contributed by atoms with Crippen LogP contribution in [0.3, 0.4) is 0 Å². The van der Waals surface area contributed by atoms with Crippen molar-refractivity contribution in [3.63, 3.8) is 0 Å². The number of aromatic nitrogens is 1. The van der Waals surface area contributed by atoms with Crippen LogP contribution < -0.4 is 5.32 Å². The van der Waals surface area contributed by atoms with Gasteiger partial charge in [-0.1, -0.05) is 6.07 Å². The molecule has 1 fully saturated rings. The average Bonchev–Trinajstić information content (AvgIpc) is 3.04. The summed E-state index contributed by atoms with van der Waals surface area (Å²) in [5.74, 6) is 0.927. The molecular formula is C14H18N2. The Morgan fingerprint density at radius 1 is 1.38 bits per heavy atom. The molecule has 16 heavy (non-hydrogen) atoms. The molecule has 1 unspecified atom stereocenters. The van der Waals surface area contributed by atoms with E-state index >= 15 is 0 Å². The molecule has 3 rings (SSSR count). The topological polar surface area (TPSA) is 27.8 Å². The van der Waals surface area contributed by atoms with Crippen LogP contribution in [0.2, 0.25) is 0 Å². The lowest BCUT2D eigenvalue weighted by Gasteiger charge is -2.12. The molecule has 1 heterocycles. The van der Waals surface area contributed by atoms with Crippen LogP contribution in [0, 0.1) is 5.92 Å². The number of hydrogen-bond acceptors (Lipinski definition) is 1. The summed E-state index contributed by atoms with van der Waals surface area (Å²) in [5, 5.41) is 4.91. The Hall–Kier alpha value is -1.28. The van der Waals surface area contributed by atoms with Gasteiger partial charge in [-0.05, 0) is 54.8 Å². The molecule has 1 saturated carbocycles. The van der Waals surface area contributed by atoms with Crippen LogP contribution in [0.25, 0.3) is 10.9 Å². The van der Waals surface area contributed by atoms with Crippen LogP contribution in [-0.4, -0.2) is 11.0 Å². The first-order valence-electron chi connectivity index (χ1n) is 6.12. The van der Waals surface area contributed by atoms with Crippen molar-refractivity contribution in [3.8, 4) is 0 Å². The fourth-order valence-electron chi connectivity index (χ4n) is 2.25. The third-order valence-corrected chi connectivity index (χ3v) is 3.57. The van der Waals surface area contributed by atoms with E-state index in [1.807, 2.05) is 6.20 Å². The number of benzene rings is 1. The minimum atomic E-state index is 0.668. The summed E-state index contributed by atoms with van der Waals surface area (Å²) < 4.78 is 0. The van der Waals surface area contributed by atoms with E-state index in [4.69, 9.17) is 0 Å². The third kappa shape index (κ3) is 1.98. The van der Waals surface area contributed by atoms with Crippen molar-refractivity contribution in [3.05, 3.63) is 36.0 Å². The van der Waals surface area contributed by atoms with Gasteiger partial charge in [-0.3, -0.25) is 0 Å². The number of aromatic amines is 1. The van der Waals surface area contributed by atoms with Crippen LogP contribution in [0.5, 0.6) is 0 Å². The standard InChI is InChI=1S/C14H18N2/c1-10(12-3-4-12)16-9-11-2-5-14-13(8-11)6-7-15-14/h2,5-8,10,12,15-16H,3-4,9H2,1H3. The number of rotatable bonds is 4. The Morgan fingerprint density at radius 2 is 2.25 bits per heavy atom. The van der Waals surface area contributed by atoms with Crippen molar-refractivity contribution in [2.24, 2.45) is 5.92 Å². The molecule has 0 aliphatic heterocycles. The molecule has 1 aliphatic rings. The molecule has 1 atom stereocenters. The molecule has 0 bridgehead atoms. The molecule has 0 amide bonds. The zero-order valence-electron chi connectivity index (χ0n) is 9.66. The predicted octanol–water partition coefficient (Wildman–Crippen LogP) is 3.06. The minimum Gasteiger partial charge on any atom is -0.361 e. The van der Waals surface area contributed by atoms with Crippen molar-refractivity contribution >= 4 is 10.9 Å². The lowest BCUT2D eigenvalue weighted by molar-refractivity contribution is 0.496. The maximum atomic E-state index is 3.61. The first-order valence-corrected chi connectivity index (χ1v) is 6.12. The van der Waals surface area contributed by atoms with Crippen LogP contribution in [-0.2, 0) is 6.54 Å². The summed E-state index contributed by atoms with van der Waals surface area (Å²) in [6, 6.07) is 9.42. The number of hydrogen-bond donors (Lipinski definition) is 2. The number of H-pyrrole nitrogens is 1. The first-order chi connectivity index (χ1) is 7.83. The van der Waals surface area contributed by atoms with E-state index < -0.39 is 0 Å². The monoisotopic (exact) mass is 214 g/mol. The van der Waals surface area contributed by atoms with Crippen LogP contribution >= 0.6 is 0 Å². The molecule has 2 aromatic rings. The SMILES string of the molecule is CC(NCc1ccc2[nH]ccc2c1)C1CC1. The maximum absolute atomic E-state index is 3.61. The highest BCUT2D eigenvalue weighted by Crippen LogP contribution is 2.32. The lowest BCUT2D eigenvalue weighted by Crippen LogP contribution is -2.27. The third-order valence-electron chi connectivity index (χ3n) is 3.57. The summed E-state index contributed by atoms with van der Waals surface area (Å²) in [4.78, 5) is 3.22. The fourth-order valence-corrected chi connectivity index (χ4v) is 2.25. The van der Waals surface area contributed by atoms with Gasteiger partial charge in [-0.25, -0.2) is 0 Å². The Morgan fingerprint density at radius 3 is 3.06 bits per heavy atom. The molecule has 1 aliphatic carbocycles. The van der Waals surface area contributed by atoms with E-state index in [2.05, 4.69) is 41.5 Å². The highest BCUT2D eigenvalue weighted by atomic mass is 14.9. The highest BCUT2D eigenvalue weighted by Gasteiger charge is 2.27. The molecule has 2 nitrogen and oxygen atoms in total. The van der Waals surface area contributed by atoms with Crippen molar-refractivity contribution in [1.82, 2.24) is 10.3 Å². The zero-order valence-corrected chi connectivity index (χ0v) is 9.66. The van der Waals surface area contributed by atoms with Gasteiger partial charge in [0.05, 0.1) is 0 Å². The Balaban J connectivity index is 1.68. The normalized spacial score (nSPS) is 17.8. The van der Waals surface area contributed by atoms with Gasteiger partial charge in [0.15, 0.2) is 0 Å². The van der Waals surface area contributed by atoms with E-state index in [0.29, 0.717) is 6.04 Å². The molecule has 0 radical (unpaired) electrons. The molecule has 2 heteroatoms. The maximum Gasteiger partial charge on any atom is 0.0454 e. The van der Waals surface area contributed by atoms with Gasteiger partial charge < -0.3 is 10.3 Å². The van der Waals surface area contributed by atoms with Gasteiger partial charge in [0, 0.05) is 24.3 Å². The first kappa shape index (κ1) is 9.91. The summed E-state index contributed by atoms with van der Waals surface area (Å²) in [7, 11) is 0. The van der Waals surface area contributed by atoms with Crippen LogP contribution in [0.1, 0.15) is 25.3 Å². The quantitative estimate of drug-likeness (QED) is 0.804. The van der Waals surface area contributed by atoms with Crippen molar-refractivity contribution in [1.29, 1.82) is 0 Å². The van der Waals surface area contributed by atoms with Gasteiger partial charge in [-0.15, -0.1) is 0 Å². The minimum absolute atomic E-state index is 0.668. The fraction of sp³-hybridized carbons (Fsp3) is 0.429. The molecule has 0 saturated heterocycles. The second kappa shape index (κ2) is 3.95. The Kier molecular flexibility index (Phi) is 2.44. The molecule has 2 N–H and O–H groups in total. The Labute approximate surface area is 96.1 Å². The van der Waals surface area contributed by atoms with Gasteiger partial charge >= 0.3 is 0 Å². The van der Waals surface area contributed by atoms with Gasteiger partial charge in [0.1, 0.15) is 0 Å². The van der Waals surface area contributed by atoms with E-state index in [9.17, 15) is 0 Å². The van der Waals surface area contributed by atoms with Gasteiger partial charge in [0.25, 0.3) is 0 Å². The summed E-state index contributed by atoms with van der Waals surface area (Å²) in [5.41, 5.74) is 2.60. The zero-order chi connectivity index (χ0) is 11.0. The summed E-state index contributed by atoms with van der Waals surface area (Å²) >= 11 is 0. The average molecular weight is 214 g/mol. The molecule has 0 spiro atoms. The van der Waals surface area contributed by atoms with Crippen LogP contribution in [0.15, 0.2) is 30.5 Å². The lowest BCUT2D eigenvalue weighted by atomic mass is 10.1. The van der Waals surface area contributed by atoms with E-state index in [0.717, 1.165) is 12.5 Å². The van der Waals surface area contributed by atoms with Crippen molar-refractivity contribution in [2.75, 3.05) is 0 Å². The van der Waals surface area contributed by atoms with E-state index in [1.165, 1.54) is 29.3 Å². The molecule has 84 valence electrons. The van der Waals surface area contributed by atoms with Gasteiger partial charge in [-0.2, -0.15) is 0 Å². The van der Waals surface area contributed by atoms with Crippen molar-refractivity contribution in [2.45, 2.75) is 32.4 Å². The predicted molar refractivity (Wildman–Crippen MR) is 67.3 cm³/mol. The highest BCUT2D eigenvalue weighted by molar-refractivity contribution is 5.79. The Bertz CT molecular complexity index is 482. The van der Waals surface area contributed by atoms with Gasteiger partial charge in [0.2, 0.25) is 0 Å². The molecule has 1 aromatic carbocycles. The largest absolute Gasteiger partial charge is 0.361 e. The summed E-state index contributed by atoms with van der Waals surface area (Å²) in [6.45, 7) is 3.28. The second-order valence-corrected chi connectivity index (χ2v) is 4.91. The van der Waals surface area contributed by atoms with Crippen molar-refractivity contribution < 1.29 is 0 Å².